The van der Waals surface area contributed by atoms with Crippen molar-refractivity contribution in [1.82, 2.24) is 20.0 Å². The molecule has 13 heteroatoms. The number of aromatic amines is 1. The highest BCUT2D eigenvalue weighted by atomic mass is 35.5. The minimum absolute atomic E-state index is 0.0298. The van der Waals surface area contributed by atoms with Crippen LogP contribution in [0.4, 0.5) is 18.9 Å². The Morgan fingerprint density at radius 2 is 2.00 bits per heavy atom. The number of carboxylic acids is 1. The molecule has 2 aromatic heterocycles. The van der Waals surface area contributed by atoms with E-state index in [4.69, 9.17) is 26.0 Å². The zero-order chi connectivity index (χ0) is 24.5. The highest BCUT2D eigenvalue weighted by molar-refractivity contribution is 6.30. The van der Waals surface area contributed by atoms with Gasteiger partial charge in [0.05, 0.1) is 22.2 Å². The lowest BCUT2D eigenvalue weighted by Crippen LogP contribution is -2.47. The van der Waals surface area contributed by atoms with E-state index in [2.05, 4.69) is 20.4 Å². The molecule has 3 N–H and O–H groups in total. The molecule has 0 aliphatic carbocycles. The second-order valence-corrected chi connectivity index (χ2v) is 8.24. The second kappa shape index (κ2) is 9.37. The van der Waals surface area contributed by atoms with Gasteiger partial charge < -0.3 is 24.8 Å². The Balaban J connectivity index is 0.000000344. The highest BCUT2D eigenvalue weighted by Gasteiger charge is 2.38. The lowest BCUT2D eigenvalue weighted by atomic mass is 9.92. The van der Waals surface area contributed by atoms with Crippen LogP contribution in [0.5, 0.6) is 0 Å². The topological polar surface area (TPSA) is 124 Å². The van der Waals surface area contributed by atoms with Crippen molar-refractivity contribution in [2.45, 2.75) is 31.0 Å². The third-order valence-corrected chi connectivity index (χ3v) is 5.79. The maximum absolute atomic E-state index is 13.1. The smallest absolute Gasteiger partial charge is 0.475 e. The predicted octanol–water partition coefficient (Wildman–Crippen LogP) is 4.17. The summed E-state index contributed by atoms with van der Waals surface area (Å²) >= 11 is 5.95. The molecular formula is C21H19ClF3N5O4. The van der Waals surface area contributed by atoms with Crippen molar-refractivity contribution >= 4 is 29.2 Å². The van der Waals surface area contributed by atoms with Gasteiger partial charge in [-0.1, -0.05) is 28.9 Å². The van der Waals surface area contributed by atoms with Crippen molar-refractivity contribution in [2.75, 3.05) is 18.4 Å². The van der Waals surface area contributed by atoms with Gasteiger partial charge in [0.15, 0.2) is 0 Å². The molecular weight excluding hydrogens is 479 g/mol. The fourth-order valence-electron chi connectivity index (χ4n) is 3.90. The van der Waals surface area contributed by atoms with E-state index in [0.717, 1.165) is 25.1 Å². The molecule has 0 unspecified atom stereocenters. The molecule has 0 radical (unpaired) electrons. The lowest BCUT2D eigenvalue weighted by Gasteiger charge is -2.37. The largest absolute Gasteiger partial charge is 0.490 e. The summed E-state index contributed by atoms with van der Waals surface area (Å²) in [5.74, 6) is -1.63. The molecule has 0 spiro atoms. The molecule has 1 fully saturated rings. The standard InChI is InChI=1S/C19H18ClN5O2.C2HF3O2/c20-12-7-16(21-8-12)17-23-18(27-24-17)11-5-6-13-9-22-15-4-2-1-3-14(15)19(26)25(13)10-11;3-2(4,5)1(6)7/h1-4,7-8,11,13,21-22H,5-6,9-10H2;(H,6,7)/t11-,13-;/m0./s1. The SMILES string of the molecule is O=C(O)C(F)(F)F.O=C1c2ccccc2NC[C@@H]2CC[C@H](c3nc(-c4cc(Cl)c[nH]4)no3)CN12. The minimum Gasteiger partial charge on any atom is -0.475 e. The number of amides is 1. The van der Waals surface area contributed by atoms with Crippen molar-refractivity contribution in [3.05, 3.63) is 53.0 Å². The Morgan fingerprint density at radius 3 is 2.68 bits per heavy atom. The first-order valence-electron chi connectivity index (χ1n) is 10.3. The van der Waals surface area contributed by atoms with Crippen molar-refractivity contribution in [1.29, 1.82) is 0 Å². The molecule has 2 aliphatic rings. The van der Waals surface area contributed by atoms with Crippen molar-refractivity contribution < 1.29 is 32.4 Å². The zero-order valence-electron chi connectivity index (χ0n) is 17.5. The van der Waals surface area contributed by atoms with Crippen molar-refractivity contribution in [3.8, 4) is 11.5 Å². The maximum atomic E-state index is 13.1. The van der Waals surface area contributed by atoms with E-state index in [1.165, 1.54) is 0 Å². The number of hydrogen-bond acceptors (Lipinski definition) is 6. The van der Waals surface area contributed by atoms with E-state index >= 15 is 0 Å². The van der Waals surface area contributed by atoms with Gasteiger partial charge in [0.1, 0.15) is 0 Å². The number of piperidine rings is 1. The number of para-hydroxylation sites is 1. The van der Waals surface area contributed by atoms with E-state index in [1.54, 1.807) is 12.3 Å². The average Bonchev–Trinajstić information content (AvgIpc) is 3.43. The number of hydrogen-bond donors (Lipinski definition) is 3. The summed E-state index contributed by atoms with van der Waals surface area (Å²) in [6.07, 6.45) is -1.61. The fraction of sp³-hybridized carbons (Fsp3) is 0.333. The lowest BCUT2D eigenvalue weighted by molar-refractivity contribution is -0.192. The number of nitrogens with one attached hydrogen (secondary N) is 2. The zero-order valence-corrected chi connectivity index (χ0v) is 18.2. The molecule has 3 aromatic rings. The molecule has 1 saturated heterocycles. The van der Waals surface area contributed by atoms with E-state index in [0.29, 0.717) is 34.5 Å². The number of aliphatic carboxylic acids is 1. The van der Waals surface area contributed by atoms with Gasteiger partial charge in [0, 0.05) is 31.0 Å². The average molecular weight is 498 g/mol. The molecule has 1 aromatic carbocycles. The summed E-state index contributed by atoms with van der Waals surface area (Å²) in [5, 5.41) is 15.2. The van der Waals surface area contributed by atoms with Crippen molar-refractivity contribution in [3.63, 3.8) is 0 Å². The number of carbonyl (C=O) groups is 2. The molecule has 9 nitrogen and oxygen atoms in total. The van der Waals surface area contributed by atoms with Gasteiger partial charge in [0.25, 0.3) is 5.91 Å². The Hall–Kier alpha value is -3.54. The number of H-pyrrole nitrogens is 1. The molecule has 34 heavy (non-hydrogen) atoms. The number of halogens is 4. The van der Waals surface area contributed by atoms with E-state index in [9.17, 15) is 18.0 Å². The Labute approximate surface area is 195 Å². The van der Waals surface area contributed by atoms with E-state index in [1.807, 2.05) is 29.2 Å². The quantitative estimate of drug-likeness (QED) is 0.485. The summed E-state index contributed by atoms with van der Waals surface area (Å²) < 4.78 is 37.2. The fourth-order valence-corrected chi connectivity index (χ4v) is 4.07. The summed E-state index contributed by atoms with van der Waals surface area (Å²) in [6, 6.07) is 9.59. The number of nitrogens with zero attached hydrogens (tertiary/aromatic N) is 3. The molecule has 0 saturated carbocycles. The normalized spacial score (nSPS) is 19.8. The number of carbonyl (C=O) groups excluding carboxylic acids is 1. The molecule has 1 amide bonds. The summed E-state index contributed by atoms with van der Waals surface area (Å²) in [4.78, 5) is 31.5. The van der Waals surface area contributed by atoms with E-state index < -0.39 is 12.1 Å². The van der Waals surface area contributed by atoms with Crippen molar-refractivity contribution in [2.24, 2.45) is 0 Å². The Kier molecular flexibility index (Phi) is 6.51. The molecule has 180 valence electrons. The van der Waals surface area contributed by atoms with Crippen LogP contribution in [0.15, 0.2) is 41.1 Å². The van der Waals surface area contributed by atoms with Crippen LogP contribution in [-0.2, 0) is 4.79 Å². The van der Waals surface area contributed by atoms with Crippen LogP contribution < -0.4 is 5.32 Å². The van der Waals surface area contributed by atoms with Crippen LogP contribution in [0, 0.1) is 0 Å². The first kappa shape index (κ1) is 23.6. The third-order valence-electron chi connectivity index (χ3n) is 5.57. The van der Waals surface area contributed by atoms with Gasteiger partial charge in [0.2, 0.25) is 11.7 Å². The summed E-state index contributed by atoms with van der Waals surface area (Å²) in [7, 11) is 0. The Bertz CT molecular complexity index is 1200. The number of aromatic nitrogens is 3. The molecule has 2 aliphatic heterocycles. The monoisotopic (exact) mass is 497 g/mol. The van der Waals surface area contributed by atoms with Gasteiger partial charge in [-0.25, -0.2) is 4.79 Å². The van der Waals surface area contributed by atoms with Gasteiger partial charge >= 0.3 is 12.1 Å². The third kappa shape index (κ3) is 5.01. The number of fused-ring (bicyclic) bond motifs is 2. The van der Waals surface area contributed by atoms with Gasteiger partial charge in [-0.3, -0.25) is 4.79 Å². The van der Waals surface area contributed by atoms with Crippen LogP contribution in [0.2, 0.25) is 5.02 Å². The first-order valence-corrected chi connectivity index (χ1v) is 10.6. The number of anilines is 1. The Morgan fingerprint density at radius 1 is 1.26 bits per heavy atom. The summed E-state index contributed by atoms with van der Waals surface area (Å²) in [5.41, 5.74) is 2.33. The number of carboxylic acid groups (broad SMARTS) is 1. The molecule has 5 rings (SSSR count). The minimum atomic E-state index is -5.08. The van der Waals surface area contributed by atoms with Crippen LogP contribution >= 0.6 is 11.6 Å². The molecule has 4 heterocycles. The van der Waals surface area contributed by atoms with Crippen LogP contribution in [0.1, 0.15) is 35.0 Å². The molecule has 0 bridgehead atoms. The predicted molar refractivity (Wildman–Crippen MR) is 115 cm³/mol. The van der Waals surface area contributed by atoms with E-state index in [-0.39, 0.29) is 17.9 Å². The first-order chi connectivity index (χ1) is 16.1. The molecule has 2 atom stereocenters. The van der Waals surface area contributed by atoms with Crippen LogP contribution in [0.25, 0.3) is 11.5 Å². The van der Waals surface area contributed by atoms with Gasteiger partial charge in [-0.2, -0.15) is 18.2 Å². The van der Waals surface area contributed by atoms with Crippen LogP contribution in [0.3, 0.4) is 0 Å². The second-order valence-electron chi connectivity index (χ2n) is 7.80. The summed E-state index contributed by atoms with van der Waals surface area (Å²) in [6.45, 7) is 1.33. The number of alkyl halides is 3. The highest BCUT2D eigenvalue weighted by Crippen LogP contribution is 2.34. The van der Waals surface area contributed by atoms with Gasteiger partial charge in [-0.15, -0.1) is 0 Å². The number of rotatable bonds is 2. The van der Waals surface area contributed by atoms with Crippen LogP contribution in [-0.4, -0.2) is 62.3 Å². The number of benzene rings is 1. The maximum Gasteiger partial charge on any atom is 0.490 e. The van der Waals surface area contributed by atoms with Gasteiger partial charge in [-0.05, 0) is 31.0 Å².